The molecule has 0 aromatic heterocycles. The molecular formula is C19H16N4O7. The average molecular weight is 412 g/mol. The van der Waals surface area contributed by atoms with Crippen molar-refractivity contribution < 1.29 is 24.2 Å². The van der Waals surface area contributed by atoms with E-state index in [1.807, 2.05) is 0 Å². The van der Waals surface area contributed by atoms with Gasteiger partial charge in [-0.25, -0.2) is 0 Å². The fourth-order valence-electron chi connectivity index (χ4n) is 2.95. The maximum absolute atomic E-state index is 12.5. The Morgan fingerprint density at radius 1 is 1.20 bits per heavy atom. The predicted molar refractivity (Wildman–Crippen MR) is 107 cm³/mol. The number of nitro groups is 2. The number of hydrogen-bond donors (Lipinski definition) is 1. The average Bonchev–Trinajstić information content (AvgIpc) is 2.70. The van der Waals surface area contributed by atoms with Crippen LogP contribution in [0.25, 0.3) is 0 Å². The van der Waals surface area contributed by atoms with Crippen LogP contribution in [-0.4, -0.2) is 34.3 Å². The van der Waals surface area contributed by atoms with Gasteiger partial charge in [0, 0.05) is 30.4 Å². The van der Waals surface area contributed by atoms with Crippen molar-refractivity contribution in [3.05, 3.63) is 74.8 Å². The lowest BCUT2D eigenvalue weighted by molar-refractivity contribution is -0.394. The summed E-state index contributed by atoms with van der Waals surface area (Å²) in [7, 11) is 0. The second-order valence-electron chi connectivity index (χ2n) is 6.39. The highest BCUT2D eigenvalue weighted by molar-refractivity contribution is 6.06. The third kappa shape index (κ3) is 3.94. The summed E-state index contributed by atoms with van der Waals surface area (Å²) >= 11 is 0. The summed E-state index contributed by atoms with van der Waals surface area (Å²) in [6.45, 7) is 5.50. The second kappa shape index (κ2) is 7.99. The number of amides is 2. The van der Waals surface area contributed by atoms with Crippen LogP contribution >= 0.6 is 0 Å². The summed E-state index contributed by atoms with van der Waals surface area (Å²) in [6.07, 6.45) is 0.841. The molecule has 30 heavy (non-hydrogen) atoms. The van der Waals surface area contributed by atoms with Crippen LogP contribution in [0, 0.1) is 20.2 Å². The van der Waals surface area contributed by atoms with Crippen LogP contribution in [0.4, 0.5) is 22.7 Å². The first-order valence-electron chi connectivity index (χ1n) is 8.69. The maximum Gasteiger partial charge on any atom is 0.277 e. The standard InChI is InChI=1S/C19H16N4O7/c1-3-6-21-16-5-4-13(9-17(16)30-11(2)19(21)25)20-18(24)12-7-14(22(26)27)10-15(8-12)23(28)29/h3-5,7-11H,1,6H2,2H3,(H,20,24). The minimum atomic E-state index is -0.816. The van der Waals surface area contributed by atoms with Gasteiger partial charge in [0.25, 0.3) is 23.2 Å². The Bertz CT molecular complexity index is 1050. The summed E-state index contributed by atoms with van der Waals surface area (Å²) in [5.74, 6) is -0.653. The van der Waals surface area contributed by atoms with Gasteiger partial charge in [-0.2, -0.15) is 0 Å². The van der Waals surface area contributed by atoms with E-state index >= 15 is 0 Å². The van der Waals surface area contributed by atoms with Crippen LogP contribution in [0.2, 0.25) is 0 Å². The molecule has 3 rings (SSSR count). The van der Waals surface area contributed by atoms with E-state index in [2.05, 4.69) is 11.9 Å². The van der Waals surface area contributed by atoms with Crippen molar-refractivity contribution in [2.24, 2.45) is 0 Å². The number of anilines is 2. The van der Waals surface area contributed by atoms with Gasteiger partial charge in [0.05, 0.1) is 27.2 Å². The SMILES string of the molecule is C=CCN1C(=O)C(C)Oc2cc(NC(=O)c3cc([N+](=O)[O-])cc([N+](=O)[O-])c3)ccc21. The second-order valence-corrected chi connectivity index (χ2v) is 6.39. The first-order chi connectivity index (χ1) is 14.2. The van der Waals surface area contributed by atoms with Crippen molar-refractivity contribution in [2.75, 3.05) is 16.8 Å². The van der Waals surface area contributed by atoms with E-state index in [4.69, 9.17) is 4.74 Å². The highest BCUT2D eigenvalue weighted by atomic mass is 16.6. The Balaban J connectivity index is 1.91. The van der Waals surface area contributed by atoms with Gasteiger partial charge in [0.1, 0.15) is 5.75 Å². The van der Waals surface area contributed by atoms with Gasteiger partial charge >= 0.3 is 0 Å². The Morgan fingerprint density at radius 2 is 1.83 bits per heavy atom. The molecule has 0 aliphatic carbocycles. The Labute approximate surface area is 169 Å². The molecule has 1 heterocycles. The minimum absolute atomic E-state index is 0.233. The molecule has 1 aliphatic rings. The third-order valence-electron chi connectivity index (χ3n) is 4.32. The predicted octanol–water partition coefficient (Wildman–Crippen LogP) is 3.06. The van der Waals surface area contributed by atoms with Gasteiger partial charge < -0.3 is 15.0 Å². The van der Waals surface area contributed by atoms with Gasteiger partial charge in [-0.05, 0) is 19.1 Å². The molecule has 0 fully saturated rings. The molecule has 2 amide bonds. The van der Waals surface area contributed by atoms with Crippen molar-refractivity contribution in [3.8, 4) is 5.75 Å². The summed E-state index contributed by atoms with van der Waals surface area (Å²) in [5, 5.41) is 24.5. The number of rotatable bonds is 6. The van der Waals surface area contributed by atoms with Crippen molar-refractivity contribution in [1.29, 1.82) is 0 Å². The first-order valence-corrected chi connectivity index (χ1v) is 8.69. The van der Waals surface area contributed by atoms with Gasteiger partial charge in [-0.15, -0.1) is 6.58 Å². The van der Waals surface area contributed by atoms with Crippen LogP contribution in [0.3, 0.4) is 0 Å². The number of fused-ring (bicyclic) bond motifs is 1. The van der Waals surface area contributed by atoms with Crippen LogP contribution in [0.15, 0.2) is 49.1 Å². The molecule has 2 aromatic carbocycles. The normalized spacial score (nSPS) is 15.0. The largest absolute Gasteiger partial charge is 0.479 e. The zero-order valence-corrected chi connectivity index (χ0v) is 15.7. The number of nitrogens with one attached hydrogen (secondary N) is 1. The topological polar surface area (TPSA) is 145 Å². The van der Waals surface area contributed by atoms with Gasteiger partial charge in [0.2, 0.25) is 0 Å². The fourth-order valence-corrected chi connectivity index (χ4v) is 2.95. The molecule has 1 atom stereocenters. The highest BCUT2D eigenvalue weighted by Crippen LogP contribution is 2.36. The van der Waals surface area contributed by atoms with Crippen LogP contribution in [0.5, 0.6) is 5.75 Å². The summed E-state index contributed by atoms with van der Waals surface area (Å²) in [4.78, 5) is 46.7. The summed E-state index contributed by atoms with van der Waals surface area (Å²) in [5.41, 5.74) is -0.604. The van der Waals surface area contributed by atoms with E-state index in [9.17, 15) is 29.8 Å². The zero-order valence-electron chi connectivity index (χ0n) is 15.7. The highest BCUT2D eigenvalue weighted by Gasteiger charge is 2.31. The zero-order chi connectivity index (χ0) is 22.0. The molecule has 0 saturated heterocycles. The molecule has 1 N–H and O–H groups in total. The molecular weight excluding hydrogens is 396 g/mol. The molecule has 0 bridgehead atoms. The number of nitro benzene ring substituents is 2. The number of non-ortho nitro benzene ring substituents is 2. The van der Waals surface area contributed by atoms with E-state index < -0.39 is 33.2 Å². The lowest BCUT2D eigenvalue weighted by atomic mass is 10.1. The minimum Gasteiger partial charge on any atom is -0.479 e. The van der Waals surface area contributed by atoms with Crippen molar-refractivity contribution >= 4 is 34.6 Å². The first kappa shape index (κ1) is 20.5. The molecule has 1 unspecified atom stereocenters. The number of benzene rings is 2. The monoisotopic (exact) mass is 412 g/mol. The lowest BCUT2D eigenvalue weighted by Gasteiger charge is -2.32. The molecule has 2 aromatic rings. The van der Waals surface area contributed by atoms with E-state index in [1.54, 1.807) is 19.1 Å². The number of ether oxygens (including phenoxy) is 1. The van der Waals surface area contributed by atoms with Crippen molar-refractivity contribution in [2.45, 2.75) is 13.0 Å². The van der Waals surface area contributed by atoms with Crippen molar-refractivity contribution in [3.63, 3.8) is 0 Å². The van der Waals surface area contributed by atoms with Crippen molar-refractivity contribution in [1.82, 2.24) is 0 Å². The van der Waals surface area contributed by atoms with Gasteiger partial charge in [0.15, 0.2) is 6.10 Å². The van der Waals surface area contributed by atoms with Crippen LogP contribution in [0.1, 0.15) is 17.3 Å². The quantitative estimate of drug-likeness (QED) is 0.436. The molecule has 11 nitrogen and oxygen atoms in total. The number of nitrogens with zero attached hydrogens (tertiary/aromatic N) is 3. The Kier molecular flexibility index (Phi) is 5.45. The Morgan fingerprint density at radius 3 is 2.40 bits per heavy atom. The fraction of sp³-hybridized carbons (Fsp3) is 0.158. The third-order valence-corrected chi connectivity index (χ3v) is 4.32. The molecule has 0 spiro atoms. The molecule has 0 radical (unpaired) electrons. The van der Waals surface area contributed by atoms with E-state index in [-0.39, 0.29) is 23.7 Å². The number of hydrogen-bond acceptors (Lipinski definition) is 7. The van der Waals surface area contributed by atoms with Crippen LogP contribution in [-0.2, 0) is 4.79 Å². The van der Waals surface area contributed by atoms with Crippen LogP contribution < -0.4 is 15.0 Å². The van der Waals surface area contributed by atoms with E-state index in [0.717, 1.165) is 18.2 Å². The molecule has 154 valence electrons. The summed E-state index contributed by atoms with van der Waals surface area (Å²) < 4.78 is 5.59. The smallest absolute Gasteiger partial charge is 0.277 e. The van der Waals surface area contributed by atoms with Gasteiger partial charge in [-0.3, -0.25) is 29.8 Å². The molecule has 11 heteroatoms. The lowest BCUT2D eigenvalue weighted by Crippen LogP contribution is -2.44. The molecule has 0 saturated carbocycles. The van der Waals surface area contributed by atoms with E-state index in [0.29, 0.717) is 11.4 Å². The number of carbonyl (C=O) groups excluding carboxylic acids is 2. The Hall–Kier alpha value is -4.28. The van der Waals surface area contributed by atoms with E-state index in [1.165, 1.54) is 17.0 Å². The number of carbonyl (C=O) groups is 2. The maximum atomic E-state index is 12.5. The summed E-state index contributed by atoms with van der Waals surface area (Å²) in [6, 6.07) is 7.26. The molecule has 1 aliphatic heterocycles. The van der Waals surface area contributed by atoms with Gasteiger partial charge in [-0.1, -0.05) is 6.08 Å².